The van der Waals surface area contributed by atoms with Crippen LogP contribution in [0, 0.1) is 5.82 Å². The number of thiazole rings is 1. The molecule has 1 N–H and O–H groups in total. The van der Waals surface area contributed by atoms with Crippen molar-refractivity contribution in [3.63, 3.8) is 0 Å². The lowest BCUT2D eigenvalue weighted by Gasteiger charge is -2.40. The van der Waals surface area contributed by atoms with Crippen LogP contribution in [-0.2, 0) is 4.79 Å². The average Bonchev–Trinajstić information content (AvgIpc) is 3.35. The van der Waals surface area contributed by atoms with Gasteiger partial charge in [-0.2, -0.15) is 4.98 Å². The number of piperazine rings is 1. The van der Waals surface area contributed by atoms with Crippen molar-refractivity contribution in [1.29, 1.82) is 0 Å². The van der Waals surface area contributed by atoms with Crippen molar-refractivity contribution in [2.75, 3.05) is 31.1 Å². The first-order valence-electron chi connectivity index (χ1n) is 12.7. The number of fused-ring (bicyclic) bond motifs is 2. The minimum absolute atomic E-state index is 0.0107. The number of aromatic hydroxyl groups is 1. The molecule has 2 aromatic heterocycles. The minimum Gasteiger partial charge on any atom is -0.507 e. The monoisotopic (exact) mass is 581 g/mol. The van der Waals surface area contributed by atoms with Gasteiger partial charge in [-0.15, -0.1) is 11.3 Å². The molecule has 0 radical (unpaired) electrons. The van der Waals surface area contributed by atoms with Gasteiger partial charge in [0.2, 0.25) is 5.91 Å². The number of anilines is 1. The second-order valence-electron chi connectivity index (χ2n) is 9.99. The fourth-order valence-corrected chi connectivity index (χ4v) is 6.67. The van der Waals surface area contributed by atoms with Crippen molar-refractivity contribution in [3.8, 4) is 27.6 Å². The molecule has 1 atom stereocenters. The molecule has 1 saturated heterocycles. The minimum atomic E-state index is -0.679. The maximum absolute atomic E-state index is 15.1. The van der Waals surface area contributed by atoms with E-state index in [9.17, 15) is 14.7 Å². The van der Waals surface area contributed by atoms with Crippen molar-refractivity contribution < 1.29 is 19.0 Å². The zero-order valence-corrected chi connectivity index (χ0v) is 23.3. The van der Waals surface area contributed by atoms with E-state index in [0.717, 1.165) is 0 Å². The van der Waals surface area contributed by atoms with Crippen LogP contribution >= 0.6 is 22.9 Å². The van der Waals surface area contributed by atoms with Crippen LogP contribution < -0.4 is 15.3 Å². The van der Waals surface area contributed by atoms with Gasteiger partial charge >= 0.3 is 5.69 Å². The Hall–Kier alpha value is -3.96. The zero-order chi connectivity index (χ0) is 28.3. The third-order valence-electron chi connectivity index (χ3n) is 7.30. The second-order valence-corrected chi connectivity index (χ2v) is 11.2. The van der Waals surface area contributed by atoms with Crippen LogP contribution in [-0.4, -0.2) is 62.7 Å². The first kappa shape index (κ1) is 26.3. The van der Waals surface area contributed by atoms with Crippen molar-refractivity contribution >= 4 is 45.6 Å². The van der Waals surface area contributed by atoms with Crippen LogP contribution in [0.4, 0.5) is 10.2 Å². The predicted molar refractivity (Wildman–Crippen MR) is 153 cm³/mol. The van der Waals surface area contributed by atoms with E-state index in [0.29, 0.717) is 47.1 Å². The number of nitrogens with zero attached hydrogens (tertiary/aromatic N) is 5. The Morgan fingerprint density at radius 2 is 2.15 bits per heavy atom. The van der Waals surface area contributed by atoms with Gasteiger partial charge in [-0.3, -0.25) is 4.79 Å². The molecule has 40 heavy (non-hydrogen) atoms. The molecule has 0 bridgehead atoms. The number of phenolic OH excluding ortho intramolecular Hbond substituents is 1. The molecule has 2 aliphatic rings. The summed E-state index contributed by atoms with van der Waals surface area (Å²) in [4.78, 5) is 38.8. The number of amides is 1. The van der Waals surface area contributed by atoms with E-state index in [2.05, 4.69) is 16.5 Å². The summed E-state index contributed by atoms with van der Waals surface area (Å²) in [6, 6.07) is 5.26. The van der Waals surface area contributed by atoms with E-state index in [1.165, 1.54) is 40.2 Å². The topological polar surface area (TPSA) is 101 Å². The number of carbonyl (C=O) groups is 1. The van der Waals surface area contributed by atoms with E-state index in [4.69, 9.17) is 16.3 Å². The lowest BCUT2D eigenvalue weighted by atomic mass is 10.0. The van der Waals surface area contributed by atoms with Crippen LogP contribution in [0.25, 0.3) is 27.0 Å². The molecule has 9 nitrogen and oxygen atoms in total. The Bertz CT molecular complexity index is 1730. The van der Waals surface area contributed by atoms with Crippen LogP contribution in [0.1, 0.15) is 25.5 Å². The van der Waals surface area contributed by atoms with Crippen molar-refractivity contribution in [2.24, 2.45) is 0 Å². The number of ether oxygens (including phenoxy) is 1. The molecule has 206 valence electrons. The van der Waals surface area contributed by atoms with Gasteiger partial charge in [-0.05, 0) is 30.2 Å². The number of phenols is 1. The highest BCUT2D eigenvalue weighted by Crippen LogP contribution is 2.48. The number of aromatic nitrogens is 3. The molecule has 1 unspecified atom stereocenters. The predicted octanol–water partition coefficient (Wildman–Crippen LogP) is 4.73. The molecular weight excluding hydrogens is 557 g/mol. The molecule has 4 heterocycles. The largest absolute Gasteiger partial charge is 0.507 e. The molecular formula is C28H25ClFN5O4S. The highest BCUT2D eigenvalue weighted by molar-refractivity contribution is 7.12. The second kappa shape index (κ2) is 9.90. The summed E-state index contributed by atoms with van der Waals surface area (Å²) in [5.74, 6) is -0.571. The summed E-state index contributed by atoms with van der Waals surface area (Å²) in [7, 11) is 0. The maximum atomic E-state index is 15.1. The molecule has 2 aromatic carbocycles. The Labute approximate surface area is 237 Å². The summed E-state index contributed by atoms with van der Waals surface area (Å²) in [5, 5.41) is 11.8. The van der Waals surface area contributed by atoms with Crippen LogP contribution in [0.5, 0.6) is 11.5 Å². The molecule has 0 aliphatic carbocycles. The molecule has 4 aromatic rings. The van der Waals surface area contributed by atoms with Gasteiger partial charge in [-0.1, -0.05) is 38.1 Å². The molecule has 12 heteroatoms. The fraction of sp³-hybridized carbons (Fsp3) is 0.286. The van der Waals surface area contributed by atoms with E-state index in [1.807, 2.05) is 18.7 Å². The molecule has 6 rings (SSSR count). The standard InChI is InChI=1S/C28H25ClFN5O4S/c1-4-20(37)33-8-9-34-15(11-33)12-39-25-22-18(10-16(23(25)29)21-17(30)6-5-7-19(21)36)35(28(38)32-26(22)34)27-24(14(2)3)31-13-40-27/h4-7,10,13-15,36H,1,8-9,11-12H2,2-3H3. The lowest BCUT2D eigenvalue weighted by molar-refractivity contribution is -0.126. The number of carbonyl (C=O) groups excluding carboxylic acids is 1. The number of hydrogen-bond donors (Lipinski definition) is 1. The van der Waals surface area contributed by atoms with Crippen molar-refractivity contribution in [1.82, 2.24) is 19.4 Å². The third-order valence-corrected chi connectivity index (χ3v) is 8.51. The van der Waals surface area contributed by atoms with E-state index in [1.54, 1.807) is 16.5 Å². The Morgan fingerprint density at radius 1 is 1.35 bits per heavy atom. The van der Waals surface area contributed by atoms with Crippen molar-refractivity contribution in [2.45, 2.75) is 25.8 Å². The zero-order valence-electron chi connectivity index (χ0n) is 21.7. The Balaban J connectivity index is 1.68. The fourth-order valence-electron chi connectivity index (χ4n) is 5.41. The summed E-state index contributed by atoms with van der Waals surface area (Å²) < 4.78 is 22.9. The lowest BCUT2D eigenvalue weighted by Crippen LogP contribution is -2.56. The molecule has 2 aliphatic heterocycles. The number of rotatable bonds is 4. The quantitative estimate of drug-likeness (QED) is 0.348. The van der Waals surface area contributed by atoms with Gasteiger partial charge in [-0.25, -0.2) is 18.7 Å². The Kier molecular flexibility index (Phi) is 6.50. The molecule has 0 spiro atoms. The van der Waals surface area contributed by atoms with E-state index in [-0.39, 0.29) is 52.1 Å². The summed E-state index contributed by atoms with van der Waals surface area (Å²) >= 11 is 8.21. The average molecular weight is 582 g/mol. The van der Waals surface area contributed by atoms with E-state index >= 15 is 4.39 Å². The maximum Gasteiger partial charge on any atom is 0.355 e. The van der Waals surface area contributed by atoms with Gasteiger partial charge in [0.05, 0.1) is 38.7 Å². The van der Waals surface area contributed by atoms with Crippen molar-refractivity contribution in [3.05, 3.63) is 69.4 Å². The third kappa shape index (κ3) is 4.03. The van der Waals surface area contributed by atoms with Crippen LogP contribution in [0.3, 0.4) is 0 Å². The highest BCUT2D eigenvalue weighted by Gasteiger charge is 2.37. The molecule has 0 saturated carbocycles. The SMILES string of the molecule is C=CC(=O)N1CCN2c3nc(=O)n(-c4scnc4C(C)C)c4cc(-c5c(O)cccc5F)c(Cl)c(c34)OCC2C1. The van der Waals surface area contributed by atoms with Gasteiger partial charge in [0.1, 0.15) is 29.0 Å². The smallest absolute Gasteiger partial charge is 0.355 e. The van der Waals surface area contributed by atoms with Crippen LogP contribution in [0.15, 0.2) is 47.2 Å². The van der Waals surface area contributed by atoms with Gasteiger partial charge in [0.25, 0.3) is 0 Å². The highest BCUT2D eigenvalue weighted by atomic mass is 35.5. The normalized spacial score (nSPS) is 16.6. The number of benzene rings is 2. The Morgan fingerprint density at radius 3 is 2.88 bits per heavy atom. The summed E-state index contributed by atoms with van der Waals surface area (Å²) in [6.45, 7) is 8.81. The van der Waals surface area contributed by atoms with Gasteiger partial charge in [0.15, 0.2) is 5.75 Å². The first-order chi connectivity index (χ1) is 19.2. The van der Waals surface area contributed by atoms with Gasteiger partial charge in [0, 0.05) is 25.2 Å². The summed E-state index contributed by atoms with van der Waals surface area (Å²) in [6.07, 6.45) is 1.27. The van der Waals surface area contributed by atoms with E-state index < -0.39 is 11.5 Å². The van der Waals surface area contributed by atoms with Gasteiger partial charge < -0.3 is 19.6 Å². The summed E-state index contributed by atoms with van der Waals surface area (Å²) in [5.41, 5.74) is 2.28. The molecule has 1 amide bonds. The van der Waals surface area contributed by atoms with Crippen LogP contribution in [0.2, 0.25) is 5.02 Å². The molecule has 1 fully saturated rings. The number of halogens is 2. The first-order valence-corrected chi connectivity index (χ1v) is 14.0. The number of hydrogen-bond acceptors (Lipinski definition) is 8.